The van der Waals surface area contributed by atoms with Crippen molar-refractivity contribution in [1.82, 2.24) is 25.1 Å². The fraction of sp³-hybridized carbons (Fsp3) is 0.125. The number of hydrogen-bond acceptors (Lipinski definition) is 6. The first-order chi connectivity index (χ1) is 11.4. The minimum atomic E-state index is 0.258. The highest BCUT2D eigenvalue weighted by molar-refractivity contribution is 5.79. The average Bonchev–Trinajstić information content (AvgIpc) is 3.24. The Morgan fingerprint density at radius 3 is 3.09 bits per heavy atom. The third kappa shape index (κ3) is 2.95. The number of nitrogens with zero attached hydrogens (tertiary/aromatic N) is 4. The predicted molar refractivity (Wildman–Crippen MR) is 82.1 cm³/mol. The molecule has 0 aliphatic rings. The number of hydrogen-bond donors (Lipinski definition) is 1. The summed E-state index contributed by atoms with van der Waals surface area (Å²) in [6.07, 6.45) is 5.14. The van der Waals surface area contributed by atoms with Gasteiger partial charge in [0.15, 0.2) is 0 Å². The van der Waals surface area contributed by atoms with Gasteiger partial charge in [-0.2, -0.15) is 4.98 Å². The molecule has 0 saturated carbocycles. The lowest BCUT2D eigenvalue weighted by Crippen LogP contribution is -1.94. The van der Waals surface area contributed by atoms with Crippen LogP contribution < -0.4 is 0 Å². The lowest BCUT2D eigenvalue weighted by Gasteiger charge is -1.99. The second kappa shape index (κ2) is 5.98. The molecule has 0 fully saturated rings. The van der Waals surface area contributed by atoms with E-state index in [1.54, 1.807) is 18.7 Å². The van der Waals surface area contributed by atoms with Crippen molar-refractivity contribution < 1.29 is 9.26 Å². The number of H-pyrrole nitrogens is 1. The molecule has 3 heterocycles. The molecule has 0 amide bonds. The number of ether oxygens (including phenoxy) is 1. The van der Waals surface area contributed by atoms with Gasteiger partial charge in [0.05, 0.1) is 24.0 Å². The molecule has 4 aromatic rings. The number of benzene rings is 1. The van der Waals surface area contributed by atoms with E-state index in [-0.39, 0.29) is 6.61 Å². The smallest absolute Gasteiger partial charge is 0.252 e. The Morgan fingerprint density at radius 2 is 2.17 bits per heavy atom. The maximum Gasteiger partial charge on any atom is 0.252 e. The van der Waals surface area contributed by atoms with Gasteiger partial charge in [-0.1, -0.05) is 11.2 Å². The molecule has 0 bridgehead atoms. The predicted octanol–water partition coefficient (Wildman–Crippen LogP) is 2.72. The zero-order valence-electron chi connectivity index (χ0n) is 12.1. The Labute approximate surface area is 131 Å². The standard InChI is InChI=1S/C16H13N5O2/c1-2-11(7-17-5-1)8-22-9-15-20-16(21-23-15)12-3-4-13-14(6-12)19-10-18-13/h1-7,10H,8-9H2,(H,18,19). The number of pyridine rings is 1. The molecule has 0 radical (unpaired) electrons. The van der Waals surface area contributed by atoms with Crippen LogP contribution in [-0.2, 0) is 18.0 Å². The normalized spacial score (nSPS) is 11.1. The Hall–Kier alpha value is -3.06. The van der Waals surface area contributed by atoms with Crippen LogP contribution in [-0.4, -0.2) is 25.1 Å². The highest BCUT2D eigenvalue weighted by Gasteiger charge is 2.10. The molecular weight excluding hydrogens is 294 g/mol. The van der Waals surface area contributed by atoms with Crippen molar-refractivity contribution in [2.45, 2.75) is 13.2 Å². The molecule has 0 atom stereocenters. The van der Waals surface area contributed by atoms with Gasteiger partial charge in [0.25, 0.3) is 5.89 Å². The van der Waals surface area contributed by atoms with Gasteiger partial charge in [0.1, 0.15) is 6.61 Å². The topological polar surface area (TPSA) is 89.7 Å². The third-order valence-electron chi connectivity index (χ3n) is 3.36. The monoisotopic (exact) mass is 307 g/mol. The van der Waals surface area contributed by atoms with Crippen LogP contribution in [0.3, 0.4) is 0 Å². The maximum absolute atomic E-state index is 5.56. The molecule has 7 heteroatoms. The van der Waals surface area contributed by atoms with Crippen LogP contribution in [0, 0.1) is 0 Å². The van der Waals surface area contributed by atoms with Crippen LogP contribution in [0.5, 0.6) is 0 Å². The van der Waals surface area contributed by atoms with Crippen molar-refractivity contribution in [3.63, 3.8) is 0 Å². The van der Waals surface area contributed by atoms with E-state index in [1.165, 1.54) is 0 Å². The quantitative estimate of drug-likeness (QED) is 0.609. The van der Waals surface area contributed by atoms with E-state index in [0.29, 0.717) is 18.3 Å². The lowest BCUT2D eigenvalue weighted by atomic mass is 10.2. The van der Waals surface area contributed by atoms with Gasteiger partial charge in [-0.3, -0.25) is 4.98 Å². The summed E-state index contributed by atoms with van der Waals surface area (Å²) in [6.45, 7) is 0.708. The van der Waals surface area contributed by atoms with Gasteiger partial charge in [-0.05, 0) is 29.8 Å². The molecule has 114 valence electrons. The van der Waals surface area contributed by atoms with Gasteiger partial charge in [0, 0.05) is 18.0 Å². The number of aromatic amines is 1. The summed E-state index contributed by atoms with van der Waals surface area (Å²) in [7, 11) is 0. The van der Waals surface area contributed by atoms with E-state index in [9.17, 15) is 0 Å². The molecule has 0 aliphatic carbocycles. The zero-order chi connectivity index (χ0) is 15.5. The SMILES string of the molecule is c1cncc(COCc2nc(-c3ccc4nc[nH]c4c3)no2)c1. The van der Waals surface area contributed by atoms with Gasteiger partial charge in [-0.25, -0.2) is 4.98 Å². The molecule has 4 rings (SSSR count). The van der Waals surface area contributed by atoms with Crippen molar-refractivity contribution in [3.8, 4) is 11.4 Å². The van der Waals surface area contributed by atoms with Crippen LogP contribution in [0.4, 0.5) is 0 Å². The van der Waals surface area contributed by atoms with Crippen molar-refractivity contribution in [2.24, 2.45) is 0 Å². The molecule has 0 saturated heterocycles. The van der Waals surface area contributed by atoms with Gasteiger partial charge >= 0.3 is 0 Å². The van der Waals surface area contributed by atoms with E-state index in [4.69, 9.17) is 9.26 Å². The molecule has 0 aliphatic heterocycles. The van der Waals surface area contributed by atoms with Crippen molar-refractivity contribution >= 4 is 11.0 Å². The zero-order valence-corrected chi connectivity index (χ0v) is 12.1. The maximum atomic E-state index is 5.56. The molecule has 0 spiro atoms. The highest BCUT2D eigenvalue weighted by Crippen LogP contribution is 2.20. The summed E-state index contributed by atoms with van der Waals surface area (Å²) in [5, 5.41) is 3.99. The number of nitrogens with one attached hydrogen (secondary N) is 1. The molecule has 3 aromatic heterocycles. The fourth-order valence-corrected chi connectivity index (χ4v) is 2.25. The summed E-state index contributed by atoms with van der Waals surface area (Å²) in [5.41, 5.74) is 3.69. The Bertz CT molecular complexity index is 916. The summed E-state index contributed by atoms with van der Waals surface area (Å²) in [4.78, 5) is 15.6. The summed E-state index contributed by atoms with van der Waals surface area (Å²) in [5.74, 6) is 0.968. The second-order valence-electron chi connectivity index (χ2n) is 5.00. The van der Waals surface area contributed by atoms with Gasteiger partial charge in [-0.15, -0.1) is 0 Å². The van der Waals surface area contributed by atoms with Crippen LogP contribution in [0.1, 0.15) is 11.5 Å². The van der Waals surface area contributed by atoms with E-state index < -0.39 is 0 Å². The molecule has 1 N–H and O–H groups in total. The van der Waals surface area contributed by atoms with E-state index in [2.05, 4.69) is 25.1 Å². The minimum absolute atomic E-state index is 0.258. The van der Waals surface area contributed by atoms with E-state index in [1.807, 2.05) is 30.3 Å². The first kappa shape index (κ1) is 13.6. The molecule has 7 nitrogen and oxygen atoms in total. The van der Waals surface area contributed by atoms with Crippen molar-refractivity contribution in [1.29, 1.82) is 0 Å². The Kier molecular flexibility index (Phi) is 3.53. The van der Waals surface area contributed by atoms with Gasteiger partial charge < -0.3 is 14.2 Å². The summed E-state index contributed by atoms with van der Waals surface area (Å²) >= 11 is 0. The number of imidazole rings is 1. The summed E-state index contributed by atoms with van der Waals surface area (Å²) in [6, 6.07) is 9.58. The molecule has 0 unspecified atom stereocenters. The van der Waals surface area contributed by atoms with Crippen LogP contribution >= 0.6 is 0 Å². The van der Waals surface area contributed by atoms with Crippen LogP contribution in [0.25, 0.3) is 22.4 Å². The largest absolute Gasteiger partial charge is 0.367 e. The first-order valence-corrected chi connectivity index (χ1v) is 7.11. The van der Waals surface area contributed by atoms with Crippen molar-refractivity contribution in [3.05, 3.63) is 60.5 Å². The van der Waals surface area contributed by atoms with Crippen LogP contribution in [0.2, 0.25) is 0 Å². The van der Waals surface area contributed by atoms with E-state index in [0.717, 1.165) is 22.2 Å². The number of rotatable bonds is 5. The molecule has 1 aromatic carbocycles. The third-order valence-corrected chi connectivity index (χ3v) is 3.36. The fourth-order valence-electron chi connectivity index (χ4n) is 2.25. The van der Waals surface area contributed by atoms with Crippen molar-refractivity contribution in [2.75, 3.05) is 0 Å². The number of aromatic nitrogens is 5. The minimum Gasteiger partial charge on any atom is -0.367 e. The number of fused-ring (bicyclic) bond motifs is 1. The molecular formula is C16H13N5O2. The highest BCUT2D eigenvalue weighted by atomic mass is 16.5. The Balaban J connectivity index is 1.44. The molecule has 23 heavy (non-hydrogen) atoms. The van der Waals surface area contributed by atoms with Crippen LogP contribution in [0.15, 0.2) is 53.6 Å². The Morgan fingerprint density at radius 1 is 1.17 bits per heavy atom. The van der Waals surface area contributed by atoms with E-state index >= 15 is 0 Å². The summed E-state index contributed by atoms with van der Waals surface area (Å²) < 4.78 is 10.8. The lowest BCUT2D eigenvalue weighted by molar-refractivity contribution is 0.0849. The van der Waals surface area contributed by atoms with Gasteiger partial charge in [0.2, 0.25) is 5.82 Å². The first-order valence-electron chi connectivity index (χ1n) is 7.11. The average molecular weight is 307 g/mol. The second-order valence-corrected chi connectivity index (χ2v) is 5.00.